The van der Waals surface area contributed by atoms with Crippen molar-refractivity contribution >= 4 is 17.9 Å². The van der Waals surface area contributed by atoms with Crippen molar-refractivity contribution in [2.45, 2.75) is 309 Å². The molecular formula is C59H108O6. The summed E-state index contributed by atoms with van der Waals surface area (Å²) in [5.74, 6) is -0.870. The first-order valence-electron chi connectivity index (χ1n) is 28.5. The highest BCUT2D eigenvalue weighted by molar-refractivity contribution is 5.71. The third kappa shape index (κ3) is 52.5. The smallest absolute Gasteiger partial charge is 0.306 e. The van der Waals surface area contributed by atoms with Crippen LogP contribution >= 0.6 is 0 Å². The van der Waals surface area contributed by atoms with Crippen LogP contribution in [0.3, 0.4) is 0 Å². The van der Waals surface area contributed by atoms with Gasteiger partial charge in [-0.25, -0.2) is 0 Å². The van der Waals surface area contributed by atoms with Crippen LogP contribution in [0.4, 0.5) is 0 Å². The van der Waals surface area contributed by atoms with Gasteiger partial charge in [-0.1, -0.05) is 250 Å². The molecule has 0 amide bonds. The zero-order valence-electron chi connectivity index (χ0n) is 43.5. The molecular weight excluding hydrogens is 805 g/mol. The monoisotopic (exact) mass is 913 g/mol. The summed E-state index contributed by atoms with van der Waals surface area (Å²) >= 11 is 0. The van der Waals surface area contributed by atoms with E-state index in [9.17, 15) is 14.4 Å². The number of hydrogen-bond donors (Lipinski definition) is 0. The molecule has 0 aliphatic carbocycles. The Morgan fingerprint density at radius 2 is 0.569 bits per heavy atom. The summed E-state index contributed by atoms with van der Waals surface area (Å²) < 4.78 is 16.8. The average Bonchev–Trinajstić information content (AvgIpc) is 3.30. The maximum absolute atomic E-state index is 12.8. The molecule has 1 atom stereocenters. The summed E-state index contributed by atoms with van der Waals surface area (Å²) in [4.78, 5) is 38.0. The predicted octanol–water partition coefficient (Wildman–Crippen LogP) is 18.9. The summed E-state index contributed by atoms with van der Waals surface area (Å²) in [7, 11) is 0. The lowest BCUT2D eigenvalue weighted by atomic mass is 10.0. The van der Waals surface area contributed by atoms with Gasteiger partial charge in [-0.15, -0.1) is 0 Å². The van der Waals surface area contributed by atoms with Crippen LogP contribution in [0.2, 0.25) is 0 Å². The number of hydrogen-bond acceptors (Lipinski definition) is 6. The molecule has 0 aliphatic rings. The van der Waals surface area contributed by atoms with Gasteiger partial charge < -0.3 is 14.2 Å². The normalized spacial score (nSPS) is 12.2. The Labute approximate surface area is 404 Å². The number of unbranched alkanes of at least 4 members (excludes halogenated alkanes) is 35. The van der Waals surface area contributed by atoms with Gasteiger partial charge in [0.1, 0.15) is 13.2 Å². The number of carbonyl (C=O) groups excluding carboxylic acids is 3. The molecule has 0 N–H and O–H groups in total. The van der Waals surface area contributed by atoms with Crippen molar-refractivity contribution in [3.8, 4) is 0 Å². The van der Waals surface area contributed by atoms with Crippen molar-refractivity contribution in [3.63, 3.8) is 0 Å². The molecule has 0 spiro atoms. The van der Waals surface area contributed by atoms with Gasteiger partial charge in [-0.05, 0) is 70.6 Å². The Bertz CT molecular complexity index is 1090. The second kappa shape index (κ2) is 54.2. The molecule has 0 aromatic carbocycles. The summed E-state index contributed by atoms with van der Waals surface area (Å²) in [5, 5.41) is 0. The quantitative estimate of drug-likeness (QED) is 0.0262. The topological polar surface area (TPSA) is 78.9 Å². The van der Waals surface area contributed by atoms with Crippen molar-refractivity contribution in [1.82, 2.24) is 0 Å². The van der Waals surface area contributed by atoms with E-state index in [1.54, 1.807) is 0 Å². The molecule has 0 heterocycles. The van der Waals surface area contributed by atoms with Gasteiger partial charge in [0.25, 0.3) is 0 Å². The first-order chi connectivity index (χ1) is 32.0. The third-order valence-electron chi connectivity index (χ3n) is 12.6. The molecule has 0 radical (unpaired) electrons. The van der Waals surface area contributed by atoms with E-state index in [1.165, 1.54) is 193 Å². The second-order valence-corrected chi connectivity index (χ2v) is 19.2. The molecule has 0 aromatic heterocycles. The minimum absolute atomic E-state index is 0.0724. The first kappa shape index (κ1) is 62.6. The van der Waals surface area contributed by atoms with E-state index < -0.39 is 6.10 Å². The fourth-order valence-corrected chi connectivity index (χ4v) is 8.28. The van der Waals surface area contributed by atoms with Crippen LogP contribution in [0.5, 0.6) is 0 Å². The van der Waals surface area contributed by atoms with E-state index in [1.807, 2.05) is 0 Å². The van der Waals surface area contributed by atoms with E-state index in [4.69, 9.17) is 14.2 Å². The van der Waals surface area contributed by atoms with Gasteiger partial charge in [0, 0.05) is 19.3 Å². The molecule has 1 unspecified atom stereocenters. The van der Waals surface area contributed by atoms with Crippen LogP contribution in [0, 0.1) is 0 Å². The minimum atomic E-state index is -0.772. The predicted molar refractivity (Wildman–Crippen MR) is 279 cm³/mol. The van der Waals surface area contributed by atoms with E-state index >= 15 is 0 Å². The lowest BCUT2D eigenvalue weighted by Gasteiger charge is -2.18. The Kier molecular flexibility index (Phi) is 52.3. The van der Waals surface area contributed by atoms with Crippen molar-refractivity contribution in [2.75, 3.05) is 13.2 Å². The van der Waals surface area contributed by atoms with Gasteiger partial charge in [0.15, 0.2) is 6.10 Å². The van der Waals surface area contributed by atoms with Crippen LogP contribution in [-0.2, 0) is 28.6 Å². The number of carbonyl (C=O) groups is 3. The van der Waals surface area contributed by atoms with Crippen LogP contribution in [0.25, 0.3) is 0 Å². The fourth-order valence-electron chi connectivity index (χ4n) is 8.28. The maximum atomic E-state index is 12.8. The van der Waals surface area contributed by atoms with Crippen LogP contribution < -0.4 is 0 Å². The van der Waals surface area contributed by atoms with Gasteiger partial charge in [0.2, 0.25) is 0 Å². The summed E-state index contributed by atoms with van der Waals surface area (Å²) in [6.07, 6.45) is 64.2. The number of ether oxygens (including phenoxy) is 3. The van der Waals surface area contributed by atoms with Crippen LogP contribution in [0.15, 0.2) is 36.5 Å². The largest absolute Gasteiger partial charge is 0.462 e. The number of allylic oxidation sites excluding steroid dienone is 6. The van der Waals surface area contributed by atoms with Crippen molar-refractivity contribution in [2.24, 2.45) is 0 Å². The highest BCUT2D eigenvalue weighted by atomic mass is 16.6. The molecule has 6 nitrogen and oxygen atoms in total. The minimum Gasteiger partial charge on any atom is -0.462 e. The summed E-state index contributed by atoms with van der Waals surface area (Å²) in [6.45, 7) is 6.61. The Balaban J connectivity index is 4.23. The Morgan fingerprint density at radius 1 is 0.308 bits per heavy atom. The number of rotatable bonds is 52. The molecule has 380 valence electrons. The SMILES string of the molecule is CCCC/C=C\CCCCCCCC(=O)OCC(COC(=O)CCCCCCCCCCCCC/C=C\C/C=C\CCCCCCC)OC(=O)CCCCCCCCCCCCCCC. The standard InChI is InChI=1S/C59H108O6/c1-4-7-10-13-16-19-22-24-25-26-27-28-29-30-31-32-33-35-37-40-43-46-49-52-58(61)64-55-56(54-63-57(60)51-48-45-42-39-36-21-18-15-12-9-6-3)65-59(62)53-50-47-44-41-38-34-23-20-17-14-11-8-5-2/h15,18,22,24,26-27,56H,4-14,16-17,19-21,23,25,28-55H2,1-3H3/b18-15-,24-22-,27-26-. The molecule has 0 bridgehead atoms. The van der Waals surface area contributed by atoms with Gasteiger partial charge in [0.05, 0.1) is 0 Å². The fraction of sp³-hybridized carbons (Fsp3) is 0.847. The lowest BCUT2D eigenvalue weighted by molar-refractivity contribution is -0.167. The van der Waals surface area contributed by atoms with E-state index in [0.717, 1.165) is 70.6 Å². The Morgan fingerprint density at radius 3 is 0.908 bits per heavy atom. The zero-order valence-corrected chi connectivity index (χ0v) is 43.5. The van der Waals surface area contributed by atoms with Crippen molar-refractivity contribution < 1.29 is 28.6 Å². The third-order valence-corrected chi connectivity index (χ3v) is 12.6. The van der Waals surface area contributed by atoms with Gasteiger partial charge in [-0.2, -0.15) is 0 Å². The molecule has 6 heteroatoms. The molecule has 0 rings (SSSR count). The maximum Gasteiger partial charge on any atom is 0.306 e. The molecule has 0 aliphatic heterocycles. The molecule has 0 saturated heterocycles. The number of esters is 3. The lowest BCUT2D eigenvalue weighted by Crippen LogP contribution is -2.30. The van der Waals surface area contributed by atoms with Crippen LogP contribution in [-0.4, -0.2) is 37.2 Å². The zero-order chi connectivity index (χ0) is 47.2. The summed E-state index contributed by atoms with van der Waals surface area (Å²) in [6, 6.07) is 0. The highest BCUT2D eigenvalue weighted by Gasteiger charge is 2.19. The summed E-state index contributed by atoms with van der Waals surface area (Å²) in [5.41, 5.74) is 0. The van der Waals surface area contributed by atoms with Crippen LogP contribution in [0.1, 0.15) is 303 Å². The Hall–Kier alpha value is -2.37. The average molecular weight is 914 g/mol. The highest BCUT2D eigenvalue weighted by Crippen LogP contribution is 2.16. The molecule has 65 heavy (non-hydrogen) atoms. The van der Waals surface area contributed by atoms with Gasteiger partial charge in [-0.3, -0.25) is 14.4 Å². The van der Waals surface area contributed by atoms with E-state index in [0.29, 0.717) is 19.3 Å². The molecule has 0 fully saturated rings. The van der Waals surface area contributed by atoms with Gasteiger partial charge >= 0.3 is 17.9 Å². The van der Waals surface area contributed by atoms with E-state index in [2.05, 4.69) is 57.2 Å². The molecule has 0 aromatic rings. The van der Waals surface area contributed by atoms with Crippen molar-refractivity contribution in [3.05, 3.63) is 36.5 Å². The van der Waals surface area contributed by atoms with E-state index in [-0.39, 0.29) is 31.1 Å². The van der Waals surface area contributed by atoms with Crippen molar-refractivity contribution in [1.29, 1.82) is 0 Å². The first-order valence-corrected chi connectivity index (χ1v) is 28.5. The second-order valence-electron chi connectivity index (χ2n) is 19.2. The molecule has 0 saturated carbocycles.